The number of amides is 3. The van der Waals surface area contributed by atoms with Gasteiger partial charge >= 0.3 is 4.87 Å². The van der Waals surface area contributed by atoms with E-state index in [1.165, 1.54) is 16.2 Å². The van der Waals surface area contributed by atoms with Crippen LogP contribution in [0.25, 0.3) is 0 Å². The van der Waals surface area contributed by atoms with Crippen LogP contribution in [0.4, 0.5) is 11.4 Å². The first-order valence-corrected chi connectivity index (χ1v) is 17.7. The fourth-order valence-corrected chi connectivity index (χ4v) is 11.2. The summed E-state index contributed by atoms with van der Waals surface area (Å²) < 4.78 is 17.2. The van der Waals surface area contributed by atoms with Gasteiger partial charge in [-0.15, -0.1) is 11.8 Å². The molecule has 4 aromatic rings. The molecule has 0 spiro atoms. The van der Waals surface area contributed by atoms with Crippen molar-refractivity contribution in [1.82, 2.24) is 4.98 Å². The van der Waals surface area contributed by atoms with E-state index in [2.05, 4.69) is 10.3 Å². The monoisotopic (exact) mass is 683 g/mol. The van der Waals surface area contributed by atoms with E-state index in [4.69, 9.17) is 14.2 Å². The molecule has 3 fully saturated rings. The molecule has 3 heterocycles. The number of carbonyl (C=O) groups excluding carboxylic acids is 3. The molecule has 246 valence electrons. The zero-order valence-electron chi connectivity index (χ0n) is 26.2. The number of ether oxygens (including phenoxy) is 3. The van der Waals surface area contributed by atoms with Gasteiger partial charge in [0.1, 0.15) is 5.75 Å². The van der Waals surface area contributed by atoms with E-state index >= 15 is 0 Å². The lowest BCUT2D eigenvalue weighted by atomic mass is 9.68. The van der Waals surface area contributed by atoms with E-state index < -0.39 is 0 Å². The maximum atomic E-state index is 14.0. The lowest BCUT2D eigenvalue weighted by Crippen LogP contribution is -2.42. The molecule has 0 radical (unpaired) electrons. The minimum Gasteiger partial charge on any atom is -0.497 e. The maximum absolute atomic E-state index is 14.0. The van der Waals surface area contributed by atoms with Crippen molar-refractivity contribution >= 4 is 52.2 Å². The Morgan fingerprint density at radius 2 is 1.69 bits per heavy atom. The summed E-state index contributed by atoms with van der Waals surface area (Å²) in [6, 6.07) is 21.9. The average molecular weight is 684 g/mol. The molecule has 3 aromatic carbocycles. The molecule has 2 N–H and O–H groups in total. The lowest BCUT2D eigenvalue weighted by Gasteiger charge is -2.43. The highest BCUT2D eigenvalue weighted by Gasteiger charge is 2.69. The van der Waals surface area contributed by atoms with Crippen molar-refractivity contribution in [2.45, 2.75) is 29.5 Å². The SMILES string of the molecule is CCOc1cc([C@H]2c3sc(=O)[nH]c3SC3C4CC(C5C(=O)N(c6ccccc6)C(=O)C45)C32)ccc1OCC(=O)Nc1ccc(OC)cc1. The molecule has 12 heteroatoms. The van der Waals surface area contributed by atoms with Crippen LogP contribution in [0.5, 0.6) is 17.2 Å². The van der Waals surface area contributed by atoms with Crippen LogP contribution in [-0.2, 0) is 14.4 Å². The molecule has 2 aliphatic carbocycles. The van der Waals surface area contributed by atoms with E-state index in [0.29, 0.717) is 35.2 Å². The number of para-hydroxylation sites is 1. The van der Waals surface area contributed by atoms with E-state index in [0.717, 1.165) is 21.9 Å². The number of rotatable bonds is 9. The second kappa shape index (κ2) is 12.2. The largest absolute Gasteiger partial charge is 0.497 e. The number of nitrogens with one attached hydrogen (secondary N) is 2. The molecule has 2 aliphatic heterocycles. The van der Waals surface area contributed by atoms with Crippen molar-refractivity contribution in [3.8, 4) is 17.2 Å². The Bertz CT molecular complexity index is 1960. The van der Waals surface area contributed by atoms with Crippen LogP contribution in [0.3, 0.4) is 0 Å². The Labute approximate surface area is 284 Å². The molecular formula is C36H33N3O7S2. The summed E-state index contributed by atoms with van der Waals surface area (Å²) in [5.41, 5.74) is 2.19. The fraction of sp³-hybridized carbons (Fsp3) is 0.333. The number of benzene rings is 3. The van der Waals surface area contributed by atoms with Crippen LogP contribution in [-0.4, -0.2) is 48.3 Å². The Balaban J connectivity index is 1.09. The first-order valence-electron chi connectivity index (χ1n) is 16.0. The Hall–Kier alpha value is -4.55. The third-order valence-corrected chi connectivity index (χ3v) is 12.7. The van der Waals surface area contributed by atoms with E-state index in [-0.39, 0.29) is 70.0 Å². The van der Waals surface area contributed by atoms with Crippen molar-refractivity contribution in [2.75, 3.05) is 30.5 Å². The number of aromatic nitrogens is 1. The van der Waals surface area contributed by atoms with Gasteiger partial charge in [-0.1, -0.05) is 35.6 Å². The maximum Gasteiger partial charge on any atom is 0.305 e. The van der Waals surface area contributed by atoms with Crippen LogP contribution in [0.15, 0.2) is 82.6 Å². The number of H-pyrrole nitrogens is 1. The first-order chi connectivity index (χ1) is 23.4. The molecule has 3 amide bonds. The molecule has 7 atom stereocenters. The van der Waals surface area contributed by atoms with Gasteiger partial charge in [0.25, 0.3) is 5.91 Å². The summed E-state index contributed by atoms with van der Waals surface area (Å²) in [6.07, 6.45) is 0.802. The van der Waals surface area contributed by atoms with Crippen molar-refractivity contribution in [1.29, 1.82) is 0 Å². The zero-order chi connectivity index (χ0) is 33.1. The molecule has 10 nitrogen and oxygen atoms in total. The Morgan fingerprint density at radius 1 is 0.938 bits per heavy atom. The number of hydrogen-bond donors (Lipinski definition) is 2. The number of methoxy groups -OCH3 is 1. The first kappa shape index (κ1) is 30.8. The standard InChI is InChI=1S/C36H33N3O7S2/c1-3-45-25-15-18(9-14-24(25)46-17-26(40)37-19-10-12-21(44-2)13-11-19)27-28-22-16-23(31(28)47-33-32(27)48-36(43)38-33)30-29(22)34(41)39(35(30)42)20-7-5-4-6-8-20/h4-15,22-23,27-31H,3,16-17H2,1-2H3,(H,37,40)(H,38,43)/t22?,23?,27-,28?,29?,30?,31?/m1/s1. The zero-order valence-corrected chi connectivity index (χ0v) is 27.8. The minimum absolute atomic E-state index is 0.00821. The molecule has 8 rings (SSSR count). The summed E-state index contributed by atoms with van der Waals surface area (Å²) >= 11 is 2.86. The second-order valence-electron chi connectivity index (χ2n) is 12.5. The fourth-order valence-electron chi connectivity index (χ4n) is 8.34. The van der Waals surface area contributed by atoms with Crippen LogP contribution < -0.4 is 29.3 Å². The number of imide groups is 1. The number of hydrogen-bond acceptors (Lipinski definition) is 9. The molecule has 48 heavy (non-hydrogen) atoms. The highest BCUT2D eigenvalue weighted by molar-refractivity contribution is 8.00. The van der Waals surface area contributed by atoms with E-state index in [9.17, 15) is 19.2 Å². The van der Waals surface area contributed by atoms with Gasteiger partial charge in [-0.3, -0.25) is 24.1 Å². The van der Waals surface area contributed by atoms with Gasteiger partial charge in [0.2, 0.25) is 11.8 Å². The predicted molar refractivity (Wildman–Crippen MR) is 182 cm³/mol. The van der Waals surface area contributed by atoms with E-state index in [1.54, 1.807) is 43.1 Å². The number of aromatic amines is 1. The third kappa shape index (κ3) is 5.00. The molecule has 6 unspecified atom stereocenters. The summed E-state index contributed by atoms with van der Waals surface area (Å²) in [6.45, 7) is 2.04. The summed E-state index contributed by atoms with van der Waals surface area (Å²) in [5.74, 6) is 0.204. The minimum atomic E-state index is -0.387. The van der Waals surface area contributed by atoms with Crippen LogP contribution >= 0.6 is 23.1 Å². The smallest absolute Gasteiger partial charge is 0.305 e. The van der Waals surface area contributed by atoms with Gasteiger partial charge < -0.3 is 24.5 Å². The summed E-state index contributed by atoms with van der Waals surface area (Å²) in [5, 5.41) is 3.73. The van der Waals surface area contributed by atoms with Crippen molar-refractivity contribution in [3.63, 3.8) is 0 Å². The van der Waals surface area contributed by atoms with Crippen LogP contribution in [0.1, 0.15) is 29.7 Å². The number of thioether (sulfide) groups is 1. The van der Waals surface area contributed by atoms with Gasteiger partial charge in [-0.25, -0.2) is 0 Å². The molecule has 2 bridgehead atoms. The number of thiazole rings is 1. The van der Waals surface area contributed by atoms with Crippen LogP contribution in [0, 0.1) is 29.6 Å². The van der Waals surface area contributed by atoms with Crippen molar-refractivity contribution < 1.29 is 28.6 Å². The number of anilines is 2. The Kier molecular flexibility index (Phi) is 7.79. The van der Waals surface area contributed by atoms with Gasteiger partial charge in [0.15, 0.2) is 18.1 Å². The summed E-state index contributed by atoms with van der Waals surface area (Å²) in [4.78, 5) is 58.5. The normalized spacial score (nSPS) is 26.5. The average Bonchev–Trinajstić information content (AvgIpc) is 3.83. The highest BCUT2D eigenvalue weighted by atomic mass is 32.2. The number of fused-ring (bicyclic) bond motifs is 9. The van der Waals surface area contributed by atoms with Crippen molar-refractivity contribution in [3.05, 3.63) is 92.9 Å². The quantitative estimate of drug-likeness (QED) is 0.220. The molecule has 4 aliphatic rings. The van der Waals surface area contributed by atoms with Gasteiger partial charge in [-0.05, 0) is 85.2 Å². The highest BCUT2D eigenvalue weighted by Crippen LogP contribution is 2.68. The van der Waals surface area contributed by atoms with Gasteiger partial charge in [0.05, 0.1) is 36.3 Å². The third-order valence-electron chi connectivity index (χ3n) is 10.1. The lowest BCUT2D eigenvalue weighted by molar-refractivity contribution is -0.123. The van der Waals surface area contributed by atoms with Crippen molar-refractivity contribution in [2.24, 2.45) is 29.6 Å². The molecule has 2 saturated carbocycles. The molecule has 1 aromatic heterocycles. The molecule has 1 saturated heterocycles. The van der Waals surface area contributed by atoms with Crippen LogP contribution in [0.2, 0.25) is 0 Å². The van der Waals surface area contributed by atoms with Gasteiger partial charge in [0, 0.05) is 21.7 Å². The molecular weight excluding hydrogens is 651 g/mol. The second-order valence-corrected chi connectivity index (χ2v) is 14.7. The summed E-state index contributed by atoms with van der Waals surface area (Å²) in [7, 11) is 1.58. The topological polar surface area (TPSA) is 127 Å². The van der Waals surface area contributed by atoms with Gasteiger partial charge in [-0.2, -0.15) is 0 Å². The Morgan fingerprint density at radius 3 is 2.42 bits per heavy atom. The predicted octanol–water partition coefficient (Wildman–Crippen LogP) is 5.54. The number of nitrogens with zero attached hydrogens (tertiary/aromatic N) is 1. The van der Waals surface area contributed by atoms with E-state index in [1.807, 2.05) is 55.5 Å². The number of carbonyl (C=O) groups is 3.